The summed E-state index contributed by atoms with van der Waals surface area (Å²) in [6.07, 6.45) is -0.417. The van der Waals surface area contributed by atoms with Crippen molar-refractivity contribution in [2.75, 3.05) is 17.2 Å². The molecule has 2 aromatic carbocycles. The number of alkyl halides is 3. The Hall–Kier alpha value is -3.69. The highest BCUT2D eigenvalue weighted by Gasteiger charge is 2.28. The van der Waals surface area contributed by atoms with E-state index >= 15 is 0 Å². The van der Waals surface area contributed by atoms with Crippen LogP contribution in [0.5, 0.6) is 0 Å². The van der Waals surface area contributed by atoms with Gasteiger partial charge in [0, 0.05) is 35.6 Å². The Morgan fingerprint density at radius 3 is 2.53 bits per heavy atom. The van der Waals surface area contributed by atoms with Gasteiger partial charge in [0.15, 0.2) is 5.78 Å². The summed E-state index contributed by atoms with van der Waals surface area (Å²) in [4.78, 5) is 43.1. The second-order valence-corrected chi connectivity index (χ2v) is 7.68. The number of nitrogens with one attached hydrogen (secondary N) is 3. The summed E-state index contributed by atoms with van der Waals surface area (Å²) in [5.74, 6) is -0.151. The van der Waals surface area contributed by atoms with Crippen LogP contribution in [0.3, 0.4) is 0 Å². The molecule has 3 aromatic rings. The Kier molecular flexibility index (Phi) is 5.45. The molecular formula is C22H19F3N4O3. The number of carbonyl (C=O) groups excluding carboxylic acids is 1. The van der Waals surface area contributed by atoms with Crippen LogP contribution < -0.4 is 21.5 Å². The van der Waals surface area contributed by atoms with E-state index in [9.17, 15) is 27.6 Å². The van der Waals surface area contributed by atoms with Gasteiger partial charge in [-0.3, -0.25) is 19.4 Å². The fourth-order valence-electron chi connectivity index (χ4n) is 3.51. The number of halogens is 3. The molecule has 0 amide bonds. The highest BCUT2D eigenvalue weighted by Crippen LogP contribution is 2.29. The van der Waals surface area contributed by atoms with Crippen molar-refractivity contribution in [3.05, 3.63) is 62.6 Å². The van der Waals surface area contributed by atoms with Crippen molar-refractivity contribution in [1.82, 2.24) is 4.98 Å². The van der Waals surface area contributed by atoms with Gasteiger partial charge in [0.2, 0.25) is 0 Å². The first-order chi connectivity index (χ1) is 15.1. The number of rotatable bonds is 6. The molecule has 0 bridgehead atoms. The molecule has 1 aromatic heterocycles. The van der Waals surface area contributed by atoms with Gasteiger partial charge in [-0.15, -0.1) is 0 Å². The van der Waals surface area contributed by atoms with Crippen molar-refractivity contribution in [3.8, 4) is 0 Å². The molecule has 4 rings (SSSR count). The first-order valence-electron chi connectivity index (χ1n) is 9.91. The van der Waals surface area contributed by atoms with E-state index in [1.807, 2.05) is 0 Å². The molecule has 0 aliphatic carbocycles. The Morgan fingerprint density at radius 1 is 1.19 bits per heavy atom. The number of carbonyl (C=O) groups is 1. The monoisotopic (exact) mass is 444 g/mol. The molecule has 1 aliphatic rings. The lowest BCUT2D eigenvalue weighted by Crippen LogP contribution is -2.38. The number of hydrogen-bond donors (Lipinski definition) is 3. The van der Waals surface area contributed by atoms with Crippen molar-refractivity contribution in [1.29, 1.82) is 0 Å². The van der Waals surface area contributed by atoms with Crippen LogP contribution in [0.25, 0.3) is 10.9 Å². The number of aliphatic imine (C=N–C) groups is 1. The number of nitrogens with zero attached hydrogens (tertiary/aromatic N) is 1. The molecule has 0 saturated heterocycles. The largest absolute Gasteiger partial charge is 0.389 e. The fraction of sp³-hybridized carbons (Fsp3) is 0.273. The molecule has 0 saturated carbocycles. The molecule has 7 nitrogen and oxygen atoms in total. The molecule has 2 heterocycles. The van der Waals surface area contributed by atoms with Gasteiger partial charge in [-0.2, -0.15) is 13.2 Å². The number of amidine groups is 1. The van der Waals surface area contributed by atoms with Gasteiger partial charge >= 0.3 is 6.18 Å². The summed E-state index contributed by atoms with van der Waals surface area (Å²) in [5, 5.41) is 6.40. The van der Waals surface area contributed by atoms with Crippen molar-refractivity contribution < 1.29 is 18.0 Å². The Balaban J connectivity index is 1.49. The number of H-pyrrole nitrogens is 1. The van der Waals surface area contributed by atoms with Crippen LogP contribution in [0.15, 0.2) is 51.1 Å². The molecular weight excluding hydrogens is 425 g/mol. The zero-order valence-corrected chi connectivity index (χ0v) is 17.0. The number of anilines is 3. The Morgan fingerprint density at radius 2 is 1.91 bits per heavy atom. The third-order valence-corrected chi connectivity index (χ3v) is 5.33. The molecule has 1 atom stereocenters. The molecule has 0 spiro atoms. The molecule has 10 heteroatoms. The minimum atomic E-state index is -4.21. The average molecular weight is 444 g/mol. The van der Waals surface area contributed by atoms with Gasteiger partial charge in [-0.25, -0.2) is 0 Å². The highest BCUT2D eigenvalue weighted by atomic mass is 19.4. The third kappa shape index (κ3) is 4.34. The molecule has 0 radical (unpaired) electrons. The highest BCUT2D eigenvalue weighted by molar-refractivity contribution is 6.08. The van der Waals surface area contributed by atoms with Crippen molar-refractivity contribution >= 4 is 39.6 Å². The molecule has 166 valence electrons. The van der Waals surface area contributed by atoms with E-state index in [2.05, 4.69) is 20.6 Å². The number of benzene rings is 1. The smallest absolute Gasteiger partial charge is 0.359 e. The lowest BCUT2D eigenvalue weighted by molar-refractivity contribution is -0.136. The summed E-state index contributed by atoms with van der Waals surface area (Å²) in [5.41, 5.74) is 0.441. The molecule has 1 unspecified atom stereocenters. The van der Waals surface area contributed by atoms with Crippen LogP contribution in [0, 0.1) is 5.92 Å². The number of dihydropyridines is 1. The first-order valence-corrected chi connectivity index (χ1v) is 9.91. The summed E-state index contributed by atoms with van der Waals surface area (Å²) in [7, 11) is 0. The minimum absolute atomic E-state index is 0.0317. The van der Waals surface area contributed by atoms with Crippen LogP contribution in [-0.2, 0) is 0 Å². The predicted octanol–water partition coefficient (Wildman–Crippen LogP) is 4.05. The van der Waals surface area contributed by atoms with Gasteiger partial charge in [-0.05, 0) is 43.5 Å². The van der Waals surface area contributed by atoms with E-state index < -0.39 is 23.5 Å². The van der Waals surface area contributed by atoms with E-state index in [0.717, 1.165) is 5.52 Å². The number of aromatic nitrogens is 1. The first kappa shape index (κ1) is 21.5. The van der Waals surface area contributed by atoms with Gasteiger partial charge in [0.25, 0.3) is 10.9 Å². The van der Waals surface area contributed by atoms with Crippen LogP contribution in [0.1, 0.15) is 30.1 Å². The second kappa shape index (κ2) is 8.10. The average Bonchev–Trinajstić information content (AvgIpc) is 3.16. The van der Waals surface area contributed by atoms with E-state index in [-0.39, 0.29) is 36.0 Å². The van der Waals surface area contributed by atoms with Crippen molar-refractivity contribution in [2.45, 2.75) is 25.9 Å². The molecule has 0 fully saturated rings. The van der Waals surface area contributed by atoms with E-state index in [1.54, 1.807) is 30.5 Å². The quantitative estimate of drug-likeness (QED) is 0.393. The maximum atomic E-state index is 12.4. The Bertz CT molecular complexity index is 1330. The summed E-state index contributed by atoms with van der Waals surface area (Å²) >= 11 is 0. The fourth-order valence-corrected chi connectivity index (χ4v) is 3.51. The molecule has 32 heavy (non-hydrogen) atoms. The minimum Gasteiger partial charge on any atom is -0.359 e. The maximum absolute atomic E-state index is 12.4. The molecule has 3 N–H and O–H groups in total. The molecule has 1 aliphatic heterocycles. The zero-order valence-electron chi connectivity index (χ0n) is 17.0. The summed E-state index contributed by atoms with van der Waals surface area (Å²) in [6.45, 7) is 1.61. The van der Waals surface area contributed by atoms with Crippen LogP contribution in [-0.4, -0.2) is 29.3 Å². The maximum Gasteiger partial charge on any atom is 0.389 e. The van der Waals surface area contributed by atoms with Gasteiger partial charge in [0.05, 0.1) is 5.69 Å². The van der Waals surface area contributed by atoms with Crippen LogP contribution in [0.4, 0.5) is 30.2 Å². The van der Waals surface area contributed by atoms with Crippen molar-refractivity contribution in [2.24, 2.45) is 10.9 Å². The lowest BCUT2D eigenvalue weighted by atomic mass is 10.0. The predicted molar refractivity (Wildman–Crippen MR) is 117 cm³/mol. The topological polar surface area (TPSA) is 103 Å². The lowest BCUT2D eigenvalue weighted by Gasteiger charge is -2.19. The second-order valence-electron chi connectivity index (χ2n) is 7.68. The number of ketones is 1. The summed E-state index contributed by atoms with van der Waals surface area (Å²) < 4.78 is 37.1. The number of fused-ring (bicyclic) bond motifs is 1. The zero-order chi connectivity index (χ0) is 23.0. The standard InChI is InChI=1S/C22H19F3N4O3/c1-11(30)13-3-4-15-14(8-13)16(10-26-15)28-18-19(21(32)20(18)31)29-17-5-2-12(9-27-17)6-7-22(23,24)25/h2-5,8,10,12,26,28H,6-7,9H2,1H3,(H,27,29). The van der Waals surface area contributed by atoms with E-state index in [1.165, 1.54) is 13.0 Å². The van der Waals surface area contributed by atoms with Gasteiger partial charge in [0.1, 0.15) is 17.2 Å². The number of Topliss-reactive ketones (excluding diaryl/α,β-unsaturated/α-hetero) is 1. The Labute approximate surface area is 179 Å². The van der Waals surface area contributed by atoms with Crippen LogP contribution in [0.2, 0.25) is 0 Å². The SMILES string of the molecule is CC(=O)c1ccc2[nH]cc(Nc3c(NC4=NCC(CCC(F)(F)F)C=C4)c(=O)c3=O)c2c1. The van der Waals surface area contributed by atoms with Crippen LogP contribution >= 0.6 is 0 Å². The van der Waals surface area contributed by atoms with Gasteiger partial charge < -0.3 is 15.6 Å². The summed E-state index contributed by atoms with van der Waals surface area (Å²) in [6, 6.07) is 5.12. The third-order valence-electron chi connectivity index (χ3n) is 5.33. The van der Waals surface area contributed by atoms with E-state index in [0.29, 0.717) is 22.5 Å². The van der Waals surface area contributed by atoms with Gasteiger partial charge in [-0.1, -0.05) is 6.08 Å². The van der Waals surface area contributed by atoms with E-state index in [4.69, 9.17) is 0 Å². The number of aromatic amines is 1. The number of hydrogen-bond acceptors (Lipinski definition) is 6. The normalized spacial score (nSPS) is 16.4. The van der Waals surface area contributed by atoms with Crippen molar-refractivity contribution in [3.63, 3.8) is 0 Å².